The number of likely N-dealkylation sites (tertiary alicyclic amines) is 1. The molecule has 0 aromatic heterocycles. The van der Waals surface area contributed by atoms with Crippen molar-refractivity contribution in [2.75, 3.05) is 35.6 Å². The molecule has 1 heterocycles. The molecule has 1 saturated heterocycles. The minimum atomic E-state index is -0.330. The molecule has 1 aliphatic rings. The van der Waals surface area contributed by atoms with Crippen molar-refractivity contribution >= 4 is 35.0 Å². The van der Waals surface area contributed by atoms with Gasteiger partial charge in [0.1, 0.15) is 0 Å². The number of carbonyl (C=O) groups is 3. The molecule has 5 amide bonds. The van der Waals surface area contributed by atoms with E-state index in [2.05, 4.69) is 21.3 Å². The van der Waals surface area contributed by atoms with Gasteiger partial charge < -0.3 is 26.2 Å². The van der Waals surface area contributed by atoms with E-state index < -0.39 is 0 Å². The fraction of sp³-hybridized carbons (Fsp3) is 0.375. The van der Waals surface area contributed by atoms with Crippen molar-refractivity contribution in [2.24, 2.45) is 5.92 Å². The summed E-state index contributed by atoms with van der Waals surface area (Å²) in [7, 11) is 0. The van der Waals surface area contributed by atoms with Crippen LogP contribution in [0.25, 0.3) is 0 Å². The Kier molecular flexibility index (Phi) is 7.70. The Balaban J connectivity index is 1.47. The molecule has 4 N–H and O–H groups in total. The maximum Gasteiger partial charge on any atom is 0.323 e. The van der Waals surface area contributed by atoms with Crippen molar-refractivity contribution in [1.82, 2.24) is 10.2 Å². The van der Waals surface area contributed by atoms with Gasteiger partial charge in [-0.3, -0.25) is 4.79 Å². The first-order chi connectivity index (χ1) is 15.4. The van der Waals surface area contributed by atoms with Gasteiger partial charge in [0.05, 0.1) is 0 Å². The molecule has 32 heavy (non-hydrogen) atoms. The number of nitrogens with zero attached hydrogens (tertiary/aromatic N) is 1. The minimum Gasteiger partial charge on any atom is -0.356 e. The van der Waals surface area contributed by atoms with Crippen LogP contribution in [0.1, 0.15) is 30.9 Å². The van der Waals surface area contributed by atoms with Crippen molar-refractivity contribution in [3.63, 3.8) is 0 Å². The molecule has 0 spiro atoms. The highest BCUT2D eigenvalue weighted by Gasteiger charge is 2.27. The molecule has 8 heteroatoms. The SMILES string of the molecule is CCNC(=O)C1CCN(C(=O)Nc2ccc(NC(=O)Nc3ccc(C)cc3C)cc2)CC1. The topological polar surface area (TPSA) is 103 Å². The first kappa shape index (κ1) is 23.1. The predicted octanol–water partition coefficient (Wildman–Crippen LogP) is 4.33. The van der Waals surface area contributed by atoms with E-state index >= 15 is 0 Å². The molecule has 0 radical (unpaired) electrons. The van der Waals surface area contributed by atoms with Crippen LogP contribution < -0.4 is 21.3 Å². The minimum absolute atomic E-state index is 0.0285. The van der Waals surface area contributed by atoms with Crippen LogP contribution in [0, 0.1) is 19.8 Å². The van der Waals surface area contributed by atoms with Gasteiger partial charge in [-0.2, -0.15) is 0 Å². The van der Waals surface area contributed by atoms with Crippen LogP contribution in [0.15, 0.2) is 42.5 Å². The number of piperidine rings is 1. The number of hydrogen-bond donors (Lipinski definition) is 4. The number of urea groups is 2. The highest BCUT2D eigenvalue weighted by molar-refractivity contribution is 6.00. The monoisotopic (exact) mass is 437 g/mol. The van der Waals surface area contributed by atoms with Crippen LogP contribution in [0.5, 0.6) is 0 Å². The molecule has 0 aliphatic carbocycles. The summed E-state index contributed by atoms with van der Waals surface area (Å²) in [6, 6.07) is 12.3. The highest BCUT2D eigenvalue weighted by Crippen LogP contribution is 2.20. The van der Waals surface area contributed by atoms with Gasteiger partial charge in [-0.15, -0.1) is 0 Å². The Morgan fingerprint density at radius 2 is 1.53 bits per heavy atom. The third kappa shape index (κ3) is 6.23. The average molecular weight is 438 g/mol. The molecule has 0 unspecified atom stereocenters. The first-order valence-corrected chi connectivity index (χ1v) is 10.9. The van der Waals surface area contributed by atoms with Crippen LogP contribution in [-0.4, -0.2) is 42.5 Å². The number of carbonyl (C=O) groups excluding carboxylic acids is 3. The molecular weight excluding hydrogens is 406 g/mol. The van der Waals surface area contributed by atoms with E-state index in [0.29, 0.717) is 43.9 Å². The number of hydrogen-bond acceptors (Lipinski definition) is 3. The molecule has 2 aromatic rings. The molecule has 0 bridgehead atoms. The lowest BCUT2D eigenvalue weighted by atomic mass is 9.96. The Hall–Kier alpha value is -3.55. The maximum atomic E-state index is 12.5. The van der Waals surface area contributed by atoms with E-state index in [1.54, 1.807) is 29.2 Å². The number of rotatable bonds is 5. The van der Waals surface area contributed by atoms with Crippen molar-refractivity contribution in [3.05, 3.63) is 53.6 Å². The summed E-state index contributed by atoms with van der Waals surface area (Å²) in [5.41, 5.74) is 4.15. The lowest BCUT2D eigenvalue weighted by Crippen LogP contribution is -2.44. The number of nitrogens with one attached hydrogen (secondary N) is 4. The fourth-order valence-corrected chi connectivity index (χ4v) is 3.74. The van der Waals surface area contributed by atoms with Crippen molar-refractivity contribution in [3.8, 4) is 0 Å². The summed E-state index contributed by atoms with van der Waals surface area (Å²) < 4.78 is 0. The van der Waals surface area contributed by atoms with Crippen LogP contribution in [0.4, 0.5) is 26.7 Å². The molecule has 2 aromatic carbocycles. The Morgan fingerprint density at radius 1 is 0.906 bits per heavy atom. The largest absolute Gasteiger partial charge is 0.356 e. The molecule has 0 atom stereocenters. The van der Waals surface area contributed by atoms with Crippen LogP contribution in [0.2, 0.25) is 0 Å². The van der Waals surface area contributed by atoms with Gasteiger partial charge in [0.25, 0.3) is 0 Å². The smallest absolute Gasteiger partial charge is 0.323 e. The molecule has 170 valence electrons. The zero-order chi connectivity index (χ0) is 23.1. The Morgan fingerprint density at radius 3 is 2.12 bits per heavy atom. The van der Waals surface area contributed by atoms with E-state index in [9.17, 15) is 14.4 Å². The third-order valence-corrected chi connectivity index (χ3v) is 5.53. The van der Waals surface area contributed by atoms with E-state index in [-0.39, 0.29) is 23.9 Å². The molecular formula is C24H31N5O3. The normalized spacial score (nSPS) is 13.9. The molecule has 1 aliphatic heterocycles. The van der Waals surface area contributed by atoms with Crippen LogP contribution in [-0.2, 0) is 4.79 Å². The average Bonchev–Trinajstić information content (AvgIpc) is 2.77. The van der Waals surface area contributed by atoms with E-state index in [0.717, 1.165) is 16.8 Å². The maximum absolute atomic E-state index is 12.5. The molecule has 3 rings (SSSR count). The number of anilines is 3. The van der Waals surface area contributed by atoms with Crippen LogP contribution >= 0.6 is 0 Å². The zero-order valence-electron chi connectivity index (χ0n) is 18.8. The Bertz CT molecular complexity index is 966. The summed E-state index contributed by atoms with van der Waals surface area (Å²) in [4.78, 5) is 38.5. The first-order valence-electron chi connectivity index (χ1n) is 10.9. The van der Waals surface area contributed by atoms with Gasteiger partial charge in [-0.1, -0.05) is 17.7 Å². The van der Waals surface area contributed by atoms with Gasteiger partial charge in [0.15, 0.2) is 0 Å². The number of benzene rings is 2. The van der Waals surface area contributed by atoms with Gasteiger partial charge in [-0.25, -0.2) is 9.59 Å². The highest BCUT2D eigenvalue weighted by atomic mass is 16.2. The molecule has 0 saturated carbocycles. The summed E-state index contributed by atoms with van der Waals surface area (Å²) >= 11 is 0. The summed E-state index contributed by atoms with van der Waals surface area (Å²) in [6.45, 7) is 7.57. The summed E-state index contributed by atoms with van der Waals surface area (Å²) in [5.74, 6) is 0.0384. The fourth-order valence-electron chi connectivity index (χ4n) is 3.74. The van der Waals surface area contributed by atoms with Gasteiger partial charge in [-0.05, 0) is 69.5 Å². The van der Waals surface area contributed by atoms with Crippen LogP contribution in [0.3, 0.4) is 0 Å². The second-order valence-corrected chi connectivity index (χ2v) is 8.06. The van der Waals surface area contributed by atoms with Gasteiger partial charge in [0.2, 0.25) is 5.91 Å². The summed E-state index contributed by atoms with van der Waals surface area (Å²) in [5, 5.41) is 11.3. The van der Waals surface area contributed by atoms with E-state index in [1.165, 1.54) is 0 Å². The number of amides is 5. The van der Waals surface area contributed by atoms with E-state index in [4.69, 9.17) is 0 Å². The standard InChI is InChI=1S/C24H31N5O3/c1-4-25-22(30)18-11-13-29(14-12-18)24(32)27-20-8-6-19(7-9-20)26-23(31)28-21-10-5-16(2)15-17(21)3/h5-10,15,18H,4,11-14H2,1-3H3,(H,25,30)(H,27,32)(H2,26,28,31). The predicted molar refractivity (Wildman–Crippen MR) is 127 cm³/mol. The lowest BCUT2D eigenvalue weighted by Gasteiger charge is -2.31. The van der Waals surface area contributed by atoms with Gasteiger partial charge >= 0.3 is 12.1 Å². The second-order valence-electron chi connectivity index (χ2n) is 8.06. The number of aryl methyl sites for hydroxylation is 2. The quantitative estimate of drug-likeness (QED) is 0.560. The summed E-state index contributed by atoms with van der Waals surface area (Å²) in [6.07, 6.45) is 1.33. The molecule has 8 nitrogen and oxygen atoms in total. The third-order valence-electron chi connectivity index (χ3n) is 5.53. The second kappa shape index (κ2) is 10.7. The lowest BCUT2D eigenvalue weighted by molar-refractivity contribution is -0.126. The van der Waals surface area contributed by atoms with Gasteiger partial charge in [0, 0.05) is 42.6 Å². The van der Waals surface area contributed by atoms with Crippen molar-refractivity contribution in [2.45, 2.75) is 33.6 Å². The molecule has 1 fully saturated rings. The van der Waals surface area contributed by atoms with Crippen molar-refractivity contribution < 1.29 is 14.4 Å². The van der Waals surface area contributed by atoms with Crippen molar-refractivity contribution in [1.29, 1.82) is 0 Å². The Labute approximate surface area is 188 Å². The van der Waals surface area contributed by atoms with E-state index in [1.807, 2.05) is 39.0 Å². The zero-order valence-corrected chi connectivity index (χ0v) is 18.8.